The molecule has 0 fully saturated rings. The number of hydroxylamine groups is 1. The third kappa shape index (κ3) is 3.85. The molecule has 0 bridgehead atoms. The quantitative estimate of drug-likeness (QED) is 0.666. The van der Waals surface area contributed by atoms with E-state index in [9.17, 15) is 4.79 Å². The molecule has 0 aliphatic rings. The number of benzene rings is 2. The Morgan fingerprint density at radius 1 is 1.12 bits per heavy atom. The van der Waals surface area contributed by atoms with Crippen molar-refractivity contribution < 1.29 is 9.63 Å². The first-order chi connectivity index (χ1) is 12.1. The highest BCUT2D eigenvalue weighted by Crippen LogP contribution is 2.27. The minimum Gasteiger partial charge on any atom is -0.274 e. The van der Waals surface area contributed by atoms with E-state index in [4.69, 9.17) is 28.0 Å². The standard InChI is InChI=1S/C18H15Cl2N3O2/c1-2-25-22-18(24)17-11-16(12-6-4-3-5-7-12)21-23(17)13-8-9-14(19)15(20)10-13/h3-11H,2H2,1H3,(H,22,24). The van der Waals surface area contributed by atoms with Gasteiger partial charge in [0.05, 0.1) is 28.0 Å². The van der Waals surface area contributed by atoms with Gasteiger partial charge in [0, 0.05) is 5.56 Å². The largest absolute Gasteiger partial charge is 0.293 e. The van der Waals surface area contributed by atoms with Crippen molar-refractivity contribution in [2.45, 2.75) is 6.92 Å². The molecule has 2 aromatic carbocycles. The summed E-state index contributed by atoms with van der Waals surface area (Å²) in [5.74, 6) is -0.400. The highest BCUT2D eigenvalue weighted by molar-refractivity contribution is 6.42. The van der Waals surface area contributed by atoms with Crippen LogP contribution in [0.1, 0.15) is 17.4 Å². The van der Waals surface area contributed by atoms with E-state index in [0.717, 1.165) is 5.56 Å². The summed E-state index contributed by atoms with van der Waals surface area (Å²) in [4.78, 5) is 17.4. The average Bonchev–Trinajstić information content (AvgIpc) is 3.08. The Kier molecular flexibility index (Phi) is 5.38. The van der Waals surface area contributed by atoms with E-state index in [1.54, 1.807) is 31.2 Å². The van der Waals surface area contributed by atoms with Crippen LogP contribution in [0.3, 0.4) is 0 Å². The van der Waals surface area contributed by atoms with Crippen molar-refractivity contribution in [2.24, 2.45) is 0 Å². The first kappa shape index (κ1) is 17.5. The Bertz CT molecular complexity index is 895. The molecule has 0 aliphatic heterocycles. The topological polar surface area (TPSA) is 56.1 Å². The first-order valence-electron chi connectivity index (χ1n) is 7.63. The molecule has 3 aromatic rings. The Labute approximate surface area is 155 Å². The van der Waals surface area contributed by atoms with E-state index >= 15 is 0 Å². The summed E-state index contributed by atoms with van der Waals surface area (Å²) in [6, 6.07) is 16.3. The summed E-state index contributed by atoms with van der Waals surface area (Å²) in [5.41, 5.74) is 4.89. The third-order valence-electron chi connectivity index (χ3n) is 3.47. The van der Waals surface area contributed by atoms with Gasteiger partial charge >= 0.3 is 0 Å². The molecule has 128 valence electrons. The molecule has 5 nitrogen and oxygen atoms in total. The number of hydrogen-bond acceptors (Lipinski definition) is 3. The predicted octanol–water partition coefficient (Wildman–Crippen LogP) is 4.53. The highest BCUT2D eigenvalue weighted by Gasteiger charge is 2.18. The lowest BCUT2D eigenvalue weighted by Crippen LogP contribution is -2.26. The number of rotatable bonds is 5. The monoisotopic (exact) mass is 375 g/mol. The van der Waals surface area contributed by atoms with Gasteiger partial charge in [0.1, 0.15) is 5.69 Å². The molecule has 1 heterocycles. The summed E-state index contributed by atoms with van der Waals surface area (Å²) in [5, 5.41) is 5.36. The van der Waals surface area contributed by atoms with Crippen molar-refractivity contribution in [3.05, 3.63) is 70.3 Å². The van der Waals surface area contributed by atoms with Gasteiger partial charge in [0.25, 0.3) is 5.91 Å². The second-order valence-electron chi connectivity index (χ2n) is 5.16. The Balaban J connectivity index is 2.09. The van der Waals surface area contributed by atoms with Crippen molar-refractivity contribution in [3.63, 3.8) is 0 Å². The normalized spacial score (nSPS) is 10.7. The first-order valence-corrected chi connectivity index (χ1v) is 8.38. The van der Waals surface area contributed by atoms with Crippen molar-refractivity contribution in [1.29, 1.82) is 0 Å². The van der Waals surface area contributed by atoms with Gasteiger partial charge in [-0.3, -0.25) is 9.63 Å². The molecule has 0 unspecified atom stereocenters. The molecule has 0 spiro atoms. The minimum absolute atomic E-state index is 0.325. The van der Waals surface area contributed by atoms with E-state index < -0.39 is 5.91 Å². The van der Waals surface area contributed by atoms with E-state index in [1.807, 2.05) is 30.3 Å². The van der Waals surface area contributed by atoms with Crippen LogP contribution in [0.4, 0.5) is 0 Å². The van der Waals surface area contributed by atoms with Crippen molar-refractivity contribution in [1.82, 2.24) is 15.3 Å². The molecule has 0 atom stereocenters. The van der Waals surface area contributed by atoms with Crippen LogP contribution in [0.2, 0.25) is 10.0 Å². The maximum Gasteiger partial charge on any atom is 0.293 e. The predicted molar refractivity (Wildman–Crippen MR) is 98.1 cm³/mol. The molecular formula is C18H15Cl2N3O2. The van der Waals surface area contributed by atoms with Crippen LogP contribution in [-0.2, 0) is 4.84 Å². The molecular weight excluding hydrogens is 361 g/mol. The van der Waals surface area contributed by atoms with Crippen LogP contribution >= 0.6 is 23.2 Å². The fourth-order valence-electron chi connectivity index (χ4n) is 2.30. The summed E-state index contributed by atoms with van der Waals surface area (Å²) in [6.45, 7) is 2.14. The van der Waals surface area contributed by atoms with Crippen molar-refractivity contribution >= 4 is 29.1 Å². The van der Waals surface area contributed by atoms with Crippen molar-refractivity contribution in [3.8, 4) is 16.9 Å². The molecule has 0 saturated heterocycles. The zero-order chi connectivity index (χ0) is 17.8. The van der Waals surface area contributed by atoms with E-state index in [1.165, 1.54) is 4.68 Å². The summed E-state index contributed by atoms with van der Waals surface area (Å²) in [7, 11) is 0. The van der Waals surface area contributed by atoms with E-state index in [2.05, 4.69) is 10.6 Å². The fourth-order valence-corrected chi connectivity index (χ4v) is 2.59. The number of carbonyl (C=O) groups is 1. The smallest absolute Gasteiger partial charge is 0.274 e. The van der Waals surface area contributed by atoms with Gasteiger partial charge in [-0.15, -0.1) is 0 Å². The fraction of sp³-hybridized carbons (Fsp3) is 0.111. The zero-order valence-corrected chi connectivity index (χ0v) is 14.9. The molecule has 7 heteroatoms. The molecule has 0 aliphatic carbocycles. The van der Waals surface area contributed by atoms with Crippen LogP contribution < -0.4 is 5.48 Å². The minimum atomic E-state index is -0.400. The number of halogens is 2. The number of aromatic nitrogens is 2. The van der Waals surface area contributed by atoms with Crippen LogP contribution in [0, 0.1) is 0 Å². The summed E-state index contributed by atoms with van der Waals surface area (Å²) >= 11 is 12.1. The zero-order valence-electron chi connectivity index (χ0n) is 13.4. The van der Waals surface area contributed by atoms with Gasteiger partial charge in [0.15, 0.2) is 0 Å². The summed E-state index contributed by atoms with van der Waals surface area (Å²) in [6.07, 6.45) is 0. The van der Waals surface area contributed by atoms with Gasteiger partial charge < -0.3 is 0 Å². The number of nitrogens with zero attached hydrogens (tertiary/aromatic N) is 2. The van der Waals surface area contributed by atoms with E-state index in [-0.39, 0.29) is 0 Å². The number of carbonyl (C=O) groups excluding carboxylic acids is 1. The Morgan fingerprint density at radius 3 is 2.56 bits per heavy atom. The Hall–Kier alpha value is -2.34. The maximum atomic E-state index is 12.4. The van der Waals surface area contributed by atoms with Gasteiger partial charge in [-0.1, -0.05) is 53.5 Å². The van der Waals surface area contributed by atoms with Gasteiger partial charge in [0.2, 0.25) is 0 Å². The molecule has 25 heavy (non-hydrogen) atoms. The van der Waals surface area contributed by atoms with Crippen LogP contribution in [0.15, 0.2) is 54.6 Å². The summed E-state index contributed by atoms with van der Waals surface area (Å²) < 4.78 is 1.51. The van der Waals surface area contributed by atoms with Crippen LogP contribution in [0.25, 0.3) is 16.9 Å². The lowest BCUT2D eigenvalue weighted by molar-refractivity contribution is 0.0357. The van der Waals surface area contributed by atoms with E-state index in [0.29, 0.717) is 33.7 Å². The molecule has 1 amide bonds. The molecule has 0 saturated carbocycles. The second-order valence-corrected chi connectivity index (χ2v) is 5.97. The molecule has 0 radical (unpaired) electrons. The van der Waals surface area contributed by atoms with Crippen LogP contribution in [0.5, 0.6) is 0 Å². The molecule has 1 aromatic heterocycles. The highest BCUT2D eigenvalue weighted by atomic mass is 35.5. The van der Waals surface area contributed by atoms with Crippen LogP contribution in [-0.4, -0.2) is 22.3 Å². The SMILES string of the molecule is CCONC(=O)c1cc(-c2ccccc2)nn1-c1ccc(Cl)c(Cl)c1. The van der Waals surface area contributed by atoms with Gasteiger partial charge in [-0.05, 0) is 31.2 Å². The average molecular weight is 376 g/mol. The van der Waals surface area contributed by atoms with Gasteiger partial charge in [-0.2, -0.15) is 5.10 Å². The van der Waals surface area contributed by atoms with Gasteiger partial charge in [-0.25, -0.2) is 10.2 Å². The number of hydrogen-bond donors (Lipinski definition) is 1. The Morgan fingerprint density at radius 2 is 1.88 bits per heavy atom. The van der Waals surface area contributed by atoms with Crippen molar-refractivity contribution in [2.75, 3.05) is 6.61 Å². The molecule has 3 rings (SSSR count). The lowest BCUT2D eigenvalue weighted by atomic mass is 10.1. The number of amides is 1. The molecule has 1 N–H and O–H groups in total. The third-order valence-corrected chi connectivity index (χ3v) is 4.21. The maximum absolute atomic E-state index is 12.4. The lowest BCUT2D eigenvalue weighted by Gasteiger charge is -2.08. The number of nitrogens with one attached hydrogen (secondary N) is 1. The second kappa shape index (κ2) is 7.70.